The average molecular weight is 392 g/mol. The van der Waals surface area contributed by atoms with Gasteiger partial charge in [0.2, 0.25) is 11.9 Å². The molecule has 1 atom stereocenters. The van der Waals surface area contributed by atoms with E-state index in [2.05, 4.69) is 25.6 Å². The Balaban J connectivity index is 1.59. The normalized spacial score (nSPS) is 11.7. The van der Waals surface area contributed by atoms with Crippen LogP contribution in [-0.4, -0.2) is 34.5 Å². The minimum atomic E-state index is -0.0774. The van der Waals surface area contributed by atoms with Gasteiger partial charge in [-0.25, -0.2) is 0 Å². The van der Waals surface area contributed by atoms with Crippen molar-refractivity contribution in [3.63, 3.8) is 0 Å². The number of nitrogens with one attached hydrogen (secondary N) is 3. The van der Waals surface area contributed by atoms with E-state index in [4.69, 9.17) is 5.73 Å². The summed E-state index contributed by atoms with van der Waals surface area (Å²) >= 11 is 0. The summed E-state index contributed by atoms with van der Waals surface area (Å²) in [4.78, 5) is 26.0. The molecule has 3 aromatic rings. The molecule has 0 saturated carbocycles. The fourth-order valence-corrected chi connectivity index (χ4v) is 2.79. The van der Waals surface area contributed by atoms with Gasteiger partial charge in [0.05, 0.1) is 7.05 Å². The third-order valence-electron chi connectivity index (χ3n) is 4.26. The minimum absolute atomic E-state index is 0.0774. The van der Waals surface area contributed by atoms with Crippen LogP contribution < -0.4 is 21.3 Å². The predicted octanol–water partition coefficient (Wildman–Crippen LogP) is 1.47. The SMILES string of the molecule is Cc1ccc(NC(=O)C[NH+](C)Cc2nc(N)nc(Nc3ccc(C)cc3)n2)cc1. The molecule has 0 saturated heterocycles. The molecule has 1 amide bonds. The molecule has 29 heavy (non-hydrogen) atoms. The van der Waals surface area contributed by atoms with Crippen molar-refractivity contribution in [1.82, 2.24) is 15.0 Å². The summed E-state index contributed by atoms with van der Waals surface area (Å²) in [5.74, 6) is 0.967. The number of hydrogen-bond donors (Lipinski definition) is 4. The van der Waals surface area contributed by atoms with Gasteiger partial charge < -0.3 is 21.3 Å². The minimum Gasteiger partial charge on any atom is -0.368 e. The number of nitrogens with zero attached hydrogens (tertiary/aromatic N) is 3. The van der Waals surface area contributed by atoms with Crippen molar-refractivity contribution >= 4 is 29.2 Å². The van der Waals surface area contributed by atoms with Gasteiger partial charge in [0.15, 0.2) is 12.4 Å². The van der Waals surface area contributed by atoms with Crippen molar-refractivity contribution in [3.05, 3.63) is 65.5 Å². The van der Waals surface area contributed by atoms with Gasteiger partial charge >= 0.3 is 0 Å². The highest BCUT2D eigenvalue weighted by Gasteiger charge is 2.14. The van der Waals surface area contributed by atoms with Gasteiger partial charge in [-0.2, -0.15) is 15.0 Å². The molecule has 150 valence electrons. The fraction of sp³-hybridized carbons (Fsp3) is 0.238. The van der Waals surface area contributed by atoms with Gasteiger partial charge in [0.25, 0.3) is 5.91 Å². The summed E-state index contributed by atoms with van der Waals surface area (Å²) in [7, 11) is 1.90. The second-order valence-corrected chi connectivity index (χ2v) is 7.15. The zero-order valence-corrected chi connectivity index (χ0v) is 16.9. The Morgan fingerprint density at radius 3 is 2.14 bits per heavy atom. The molecule has 1 unspecified atom stereocenters. The molecule has 8 nitrogen and oxygen atoms in total. The third kappa shape index (κ3) is 6.25. The van der Waals surface area contributed by atoms with Gasteiger partial charge in [-0.3, -0.25) is 4.79 Å². The summed E-state index contributed by atoms with van der Waals surface area (Å²) < 4.78 is 0. The van der Waals surface area contributed by atoms with Crippen LogP contribution in [0.15, 0.2) is 48.5 Å². The van der Waals surface area contributed by atoms with Crippen molar-refractivity contribution in [1.29, 1.82) is 0 Å². The van der Waals surface area contributed by atoms with E-state index >= 15 is 0 Å². The number of amides is 1. The topological polar surface area (TPSA) is 110 Å². The molecular formula is C21H26N7O+. The van der Waals surface area contributed by atoms with Crippen molar-refractivity contribution in [2.75, 3.05) is 30.0 Å². The van der Waals surface area contributed by atoms with Gasteiger partial charge in [-0.15, -0.1) is 0 Å². The van der Waals surface area contributed by atoms with E-state index in [9.17, 15) is 4.79 Å². The lowest BCUT2D eigenvalue weighted by molar-refractivity contribution is -0.885. The molecular weight excluding hydrogens is 366 g/mol. The maximum Gasteiger partial charge on any atom is 0.279 e. The Labute approximate surface area is 170 Å². The van der Waals surface area contributed by atoms with Crippen molar-refractivity contribution in [2.24, 2.45) is 0 Å². The number of hydrogen-bond acceptors (Lipinski definition) is 6. The van der Waals surface area contributed by atoms with Crippen LogP contribution in [0.4, 0.5) is 23.3 Å². The molecule has 0 aliphatic heterocycles. The van der Waals surface area contributed by atoms with E-state index in [0.717, 1.165) is 21.8 Å². The first-order valence-electron chi connectivity index (χ1n) is 9.39. The molecule has 5 N–H and O–H groups in total. The van der Waals surface area contributed by atoms with E-state index in [1.165, 1.54) is 5.56 Å². The molecule has 0 bridgehead atoms. The van der Waals surface area contributed by atoms with Crippen LogP contribution in [-0.2, 0) is 11.3 Å². The fourth-order valence-electron chi connectivity index (χ4n) is 2.79. The Morgan fingerprint density at radius 2 is 1.52 bits per heavy atom. The second-order valence-electron chi connectivity index (χ2n) is 7.15. The van der Waals surface area contributed by atoms with Gasteiger partial charge in [-0.05, 0) is 38.1 Å². The van der Waals surface area contributed by atoms with Crippen LogP contribution >= 0.6 is 0 Å². The third-order valence-corrected chi connectivity index (χ3v) is 4.26. The van der Waals surface area contributed by atoms with Crippen molar-refractivity contribution in [2.45, 2.75) is 20.4 Å². The van der Waals surface area contributed by atoms with Gasteiger partial charge in [0.1, 0.15) is 6.54 Å². The largest absolute Gasteiger partial charge is 0.368 e. The lowest BCUT2D eigenvalue weighted by Crippen LogP contribution is -3.08. The van der Waals surface area contributed by atoms with Gasteiger partial charge in [-0.1, -0.05) is 35.4 Å². The molecule has 2 aromatic carbocycles. The van der Waals surface area contributed by atoms with Crippen LogP contribution in [0.3, 0.4) is 0 Å². The summed E-state index contributed by atoms with van der Waals surface area (Å²) in [6.07, 6.45) is 0. The summed E-state index contributed by atoms with van der Waals surface area (Å²) in [5, 5.41) is 6.03. The number of aromatic nitrogens is 3. The Kier molecular flexibility index (Phi) is 6.36. The number of nitrogens with two attached hydrogens (primary N) is 1. The van der Waals surface area contributed by atoms with Crippen LogP contribution in [0.5, 0.6) is 0 Å². The molecule has 0 aliphatic carbocycles. The highest BCUT2D eigenvalue weighted by molar-refractivity contribution is 5.91. The lowest BCUT2D eigenvalue weighted by atomic mass is 10.2. The van der Waals surface area contributed by atoms with Crippen LogP contribution in [0.25, 0.3) is 0 Å². The smallest absolute Gasteiger partial charge is 0.279 e. The van der Waals surface area contributed by atoms with E-state index in [-0.39, 0.29) is 18.4 Å². The van der Waals surface area contributed by atoms with Crippen molar-refractivity contribution in [3.8, 4) is 0 Å². The lowest BCUT2D eigenvalue weighted by Gasteiger charge is -2.14. The molecule has 1 aromatic heterocycles. The van der Waals surface area contributed by atoms with Crippen LogP contribution in [0, 0.1) is 13.8 Å². The number of benzene rings is 2. The highest BCUT2D eigenvalue weighted by Crippen LogP contribution is 2.14. The molecule has 0 spiro atoms. The average Bonchev–Trinajstić information content (AvgIpc) is 2.65. The first kappa shape index (κ1) is 20.2. The highest BCUT2D eigenvalue weighted by atomic mass is 16.2. The summed E-state index contributed by atoms with van der Waals surface area (Å²) in [5.41, 5.74) is 9.80. The number of rotatable bonds is 7. The first-order chi connectivity index (χ1) is 13.9. The zero-order valence-electron chi connectivity index (χ0n) is 16.9. The standard InChI is InChI=1S/C21H25N7O/c1-14-4-8-16(9-5-14)23-19(29)13-28(3)12-18-25-20(22)27-21(26-18)24-17-10-6-15(2)7-11-17/h4-11H,12-13H2,1-3H3,(H,23,29)(H3,22,24,25,26,27)/p+1. The second kappa shape index (κ2) is 9.11. The van der Waals surface area contributed by atoms with Crippen molar-refractivity contribution < 1.29 is 9.69 Å². The van der Waals surface area contributed by atoms with Crippen LogP contribution in [0.1, 0.15) is 17.0 Å². The molecule has 0 radical (unpaired) electrons. The number of anilines is 4. The molecule has 3 rings (SSSR count). The Bertz CT molecular complexity index is 971. The van der Waals surface area contributed by atoms with E-state index in [1.807, 2.05) is 69.4 Å². The number of carbonyl (C=O) groups excluding carboxylic acids is 1. The Morgan fingerprint density at radius 1 is 0.931 bits per heavy atom. The summed E-state index contributed by atoms with van der Waals surface area (Å²) in [6.45, 7) is 4.75. The van der Waals surface area contributed by atoms with E-state index in [1.54, 1.807) is 0 Å². The maximum atomic E-state index is 12.3. The monoisotopic (exact) mass is 392 g/mol. The van der Waals surface area contributed by atoms with Gasteiger partial charge in [0, 0.05) is 11.4 Å². The predicted molar refractivity (Wildman–Crippen MR) is 114 cm³/mol. The zero-order chi connectivity index (χ0) is 20.8. The van der Waals surface area contributed by atoms with Crippen LogP contribution in [0.2, 0.25) is 0 Å². The van der Waals surface area contributed by atoms with E-state index < -0.39 is 0 Å². The van der Waals surface area contributed by atoms with E-state index in [0.29, 0.717) is 18.3 Å². The molecule has 8 heteroatoms. The number of aryl methyl sites for hydroxylation is 2. The quantitative estimate of drug-likeness (QED) is 0.485. The number of carbonyl (C=O) groups is 1. The number of quaternary nitrogens is 1. The molecule has 1 heterocycles. The summed E-state index contributed by atoms with van der Waals surface area (Å²) in [6, 6.07) is 15.6. The first-order valence-corrected chi connectivity index (χ1v) is 9.39. The number of likely N-dealkylation sites (N-methyl/N-ethyl adjacent to an activating group) is 1. The molecule has 0 fully saturated rings. The molecule has 0 aliphatic rings. The Hall–Kier alpha value is -3.52. The number of nitrogen functional groups attached to an aromatic ring is 1. The maximum absolute atomic E-state index is 12.3.